The van der Waals surface area contributed by atoms with E-state index in [0.29, 0.717) is 6.42 Å². The fourth-order valence-corrected chi connectivity index (χ4v) is 4.38. The third kappa shape index (κ3) is 4.40. The topological polar surface area (TPSA) is 26.3 Å². The normalized spacial score (nSPS) is 14.9. The fraction of sp³-hybridized carbons (Fsp3) is 0.100. The number of fused-ring (bicyclic) bond motifs is 1. The first-order valence-corrected chi connectivity index (χ1v) is 11.0. The van der Waals surface area contributed by atoms with E-state index in [9.17, 15) is 4.79 Å². The van der Waals surface area contributed by atoms with Gasteiger partial charge in [0.25, 0.3) is 0 Å². The van der Waals surface area contributed by atoms with Gasteiger partial charge in [0.2, 0.25) is 0 Å². The fourth-order valence-electron chi connectivity index (χ4n) is 4.38. The molecule has 2 heteroatoms. The van der Waals surface area contributed by atoms with Crippen molar-refractivity contribution in [3.05, 3.63) is 137 Å². The second kappa shape index (κ2) is 9.07. The molecule has 1 unspecified atom stereocenters. The van der Waals surface area contributed by atoms with Crippen LogP contribution < -0.4 is 0 Å². The van der Waals surface area contributed by atoms with Crippen molar-refractivity contribution < 1.29 is 9.53 Å². The lowest BCUT2D eigenvalue weighted by atomic mass is 9.81. The third-order valence-corrected chi connectivity index (χ3v) is 5.93. The van der Waals surface area contributed by atoms with Crippen LogP contribution in [0.2, 0.25) is 0 Å². The van der Waals surface area contributed by atoms with Gasteiger partial charge in [-0.1, -0.05) is 109 Å². The molecule has 2 nitrogen and oxygen atoms in total. The van der Waals surface area contributed by atoms with Gasteiger partial charge >= 0.3 is 5.97 Å². The second-order valence-electron chi connectivity index (χ2n) is 8.12. The van der Waals surface area contributed by atoms with Gasteiger partial charge in [-0.05, 0) is 39.5 Å². The van der Waals surface area contributed by atoms with Crippen LogP contribution in [0.1, 0.15) is 34.6 Å². The Balaban J connectivity index is 1.43. The highest BCUT2D eigenvalue weighted by Gasteiger charge is 2.25. The number of esters is 1. The van der Waals surface area contributed by atoms with Crippen molar-refractivity contribution in [2.24, 2.45) is 0 Å². The lowest BCUT2D eigenvalue weighted by molar-refractivity contribution is -0.138. The van der Waals surface area contributed by atoms with E-state index in [1.807, 2.05) is 48.5 Å². The highest BCUT2D eigenvalue weighted by Crippen LogP contribution is 2.39. The zero-order valence-corrected chi connectivity index (χ0v) is 17.8. The maximum absolute atomic E-state index is 12.6. The average molecular weight is 417 g/mol. The van der Waals surface area contributed by atoms with Crippen molar-refractivity contribution in [2.45, 2.75) is 18.8 Å². The molecule has 0 N–H and O–H groups in total. The summed E-state index contributed by atoms with van der Waals surface area (Å²) in [5.74, 6) is 0.637. The molecule has 0 aliphatic heterocycles. The predicted octanol–water partition coefficient (Wildman–Crippen LogP) is 7.02. The Bertz CT molecular complexity index is 1260. The van der Waals surface area contributed by atoms with Crippen LogP contribution in [0.15, 0.2) is 115 Å². The molecule has 1 aliphatic carbocycles. The van der Waals surface area contributed by atoms with Gasteiger partial charge in [0.15, 0.2) is 0 Å². The summed E-state index contributed by atoms with van der Waals surface area (Å²) in [6.07, 6.45) is 2.94. The maximum atomic E-state index is 12.6. The van der Waals surface area contributed by atoms with Crippen LogP contribution in [0.4, 0.5) is 0 Å². The van der Waals surface area contributed by atoms with E-state index in [0.717, 1.165) is 16.9 Å². The minimum absolute atomic E-state index is 0.138. The molecule has 0 bridgehead atoms. The average Bonchev–Trinajstić information content (AvgIpc) is 2.85. The molecular weight excluding hydrogens is 392 g/mol. The van der Waals surface area contributed by atoms with E-state index >= 15 is 0 Å². The van der Waals surface area contributed by atoms with Crippen molar-refractivity contribution in [1.82, 2.24) is 0 Å². The molecule has 0 aromatic heterocycles. The molecule has 156 valence electrons. The molecular formula is C30H24O2. The van der Waals surface area contributed by atoms with Gasteiger partial charge in [0.05, 0.1) is 6.42 Å². The molecule has 4 aromatic carbocycles. The van der Waals surface area contributed by atoms with Crippen LogP contribution >= 0.6 is 0 Å². The minimum atomic E-state index is -0.224. The molecule has 0 radical (unpaired) electrons. The number of allylic oxidation sites excluding steroid dienone is 1. The van der Waals surface area contributed by atoms with Crippen molar-refractivity contribution in [3.63, 3.8) is 0 Å². The number of ether oxygens (including phenoxy) is 1. The second-order valence-corrected chi connectivity index (χ2v) is 8.12. The maximum Gasteiger partial charge on any atom is 0.315 e. The number of benzene rings is 4. The summed E-state index contributed by atoms with van der Waals surface area (Å²) >= 11 is 0. The van der Waals surface area contributed by atoms with Gasteiger partial charge in [-0.2, -0.15) is 0 Å². The molecule has 1 aliphatic rings. The molecule has 32 heavy (non-hydrogen) atoms. The lowest BCUT2D eigenvalue weighted by Gasteiger charge is -2.26. The molecule has 4 aromatic rings. The first kappa shape index (κ1) is 20.0. The van der Waals surface area contributed by atoms with Crippen molar-refractivity contribution in [2.75, 3.05) is 0 Å². The summed E-state index contributed by atoms with van der Waals surface area (Å²) in [4.78, 5) is 12.6. The highest BCUT2D eigenvalue weighted by molar-refractivity contribution is 5.75. The van der Waals surface area contributed by atoms with Gasteiger partial charge < -0.3 is 4.74 Å². The number of rotatable bonds is 5. The van der Waals surface area contributed by atoms with E-state index in [4.69, 9.17) is 4.74 Å². The zero-order valence-electron chi connectivity index (χ0n) is 17.8. The first-order valence-electron chi connectivity index (χ1n) is 11.0. The number of hydrogen-bond acceptors (Lipinski definition) is 2. The lowest BCUT2D eigenvalue weighted by Crippen LogP contribution is -2.14. The summed E-state index contributed by atoms with van der Waals surface area (Å²) in [5.41, 5.74) is 6.95. The monoisotopic (exact) mass is 416 g/mol. The molecule has 0 amide bonds. The quantitative estimate of drug-likeness (QED) is 0.327. The molecule has 1 atom stereocenters. The van der Waals surface area contributed by atoms with Crippen molar-refractivity contribution in [3.8, 4) is 11.1 Å². The number of hydrogen-bond donors (Lipinski definition) is 0. The van der Waals surface area contributed by atoms with Crippen molar-refractivity contribution in [1.29, 1.82) is 0 Å². The van der Waals surface area contributed by atoms with E-state index in [2.05, 4.69) is 66.7 Å². The smallest absolute Gasteiger partial charge is 0.315 e. The van der Waals surface area contributed by atoms with Crippen LogP contribution in [0, 0.1) is 0 Å². The SMILES string of the molecule is O=C(Cc1ccccc1)OC1=Cc2ccccc2C(c2cccc(-c3ccccc3)c2)C1. The summed E-state index contributed by atoms with van der Waals surface area (Å²) in [5, 5.41) is 0. The Hall–Kier alpha value is -3.91. The Morgan fingerprint density at radius 1 is 0.750 bits per heavy atom. The van der Waals surface area contributed by atoms with Gasteiger partial charge in [-0.3, -0.25) is 4.79 Å². The molecule has 5 rings (SSSR count). The minimum Gasteiger partial charge on any atom is -0.431 e. The molecule has 0 saturated heterocycles. The Kier molecular flexibility index (Phi) is 5.67. The molecule has 0 heterocycles. The van der Waals surface area contributed by atoms with Crippen LogP contribution in [-0.2, 0) is 16.0 Å². The predicted molar refractivity (Wildman–Crippen MR) is 129 cm³/mol. The van der Waals surface area contributed by atoms with E-state index < -0.39 is 0 Å². The van der Waals surface area contributed by atoms with Crippen LogP contribution in [0.25, 0.3) is 17.2 Å². The van der Waals surface area contributed by atoms with E-state index in [1.165, 1.54) is 22.3 Å². The number of carbonyl (C=O) groups excluding carboxylic acids is 1. The largest absolute Gasteiger partial charge is 0.431 e. The third-order valence-electron chi connectivity index (χ3n) is 5.93. The van der Waals surface area contributed by atoms with Crippen LogP contribution in [0.3, 0.4) is 0 Å². The van der Waals surface area contributed by atoms with Gasteiger partial charge in [0, 0.05) is 12.3 Å². The first-order chi connectivity index (χ1) is 15.8. The summed E-state index contributed by atoms with van der Waals surface area (Å²) in [6.45, 7) is 0. The highest BCUT2D eigenvalue weighted by atomic mass is 16.5. The summed E-state index contributed by atoms with van der Waals surface area (Å²) < 4.78 is 5.84. The van der Waals surface area contributed by atoms with Crippen molar-refractivity contribution >= 4 is 12.0 Å². The Labute approximate surface area is 188 Å². The Morgan fingerprint density at radius 3 is 2.25 bits per heavy atom. The summed E-state index contributed by atoms with van der Waals surface area (Å²) in [6, 6.07) is 37.2. The Morgan fingerprint density at radius 2 is 1.44 bits per heavy atom. The van der Waals surface area contributed by atoms with E-state index in [1.54, 1.807) is 0 Å². The zero-order chi connectivity index (χ0) is 21.8. The van der Waals surface area contributed by atoms with Crippen LogP contribution in [-0.4, -0.2) is 5.97 Å². The van der Waals surface area contributed by atoms with Gasteiger partial charge in [-0.25, -0.2) is 0 Å². The molecule has 0 fully saturated rings. The van der Waals surface area contributed by atoms with Crippen LogP contribution in [0.5, 0.6) is 0 Å². The summed E-state index contributed by atoms with van der Waals surface area (Å²) in [7, 11) is 0. The molecule has 0 saturated carbocycles. The van der Waals surface area contributed by atoms with E-state index in [-0.39, 0.29) is 18.3 Å². The van der Waals surface area contributed by atoms with Gasteiger partial charge in [-0.15, -0.1) is 0 Å². The number of carbonyl (C=O) groups is 1. The standard InChI is InChI=1S/C30H24O2/c31-30(18-22-10-3-1-4-11-22)32-27-20-26-14-7-8-17-28(26)29(21-27)25-16-9-15-24(19-25)23-12-5-2-6-13-23/h1-17,19-20,29H,18,21H2. The van der Waals surface area contributed by atoms with Gasteiger partial charge in [0.1, 0.15) is 5.76 Å². The molecule has 0 spiro atoms.